The summed E-state index contributed by atoms with van der Waals surface area (Å²) in [5, 5.41) is 189. The number of hydrogen-bond acceptors (Lipinski definition) is 30. The number of aliphatic imine (C=N–C) groups is 1. The van der Waals surface area contributed by atoms with Crippen molar-refractivity contribution in [2.45, 2.75) is 172 Å². The summed E-state index contributed by atoms with van der Waals surface area (Å²) in [6, 6.07) is 5.43. The Morgan fingerprint density at radius 1 is 0.614 bits per heavy atom. The number of hydrogen-bond donors (Lipinski definition) is 24. The van der Waals surface area contributed by atoms with Gasteiger partial charge in [0.25, 0.3) is 0 Å². The number of carboxylic acids is 1. The quantitative estimate of drug-likeness (QED) is 0.0499. The molecule has 39 nitrogen and oxygen atoms in total. The highest BCUT2D eigenvalue weighted by Gasteiger charge is 2.56. The van der Waals surface area contributed by atoms with Crippen molar-refractivity contribution in [3.8, 4) is 5.75 Å². The Bertz CT molecular complexity index is 3420. The number of rotatable bonds is 20. The second-order valence-electron chi connectivity index (χ2n) is 25.1. The van der Waals surface area contributed by atoms with Gasteiger partial charge in [-0.1, -0.05) is 61.5 Å². The summed E-state index contributed by atoms with van der Waals surface area (Å²) in [5.41, 5.74) is 6.84. The fourth-order valence-electron chi connectivity index (χ4n) is 12.5. The van der Waals surface area contributed by atoms with Crippen LogP contribution in [0.4, 0.5) is 0 Å². The number of carbonyl (C=O) groups is 7. The molecule has 6 amide bonds. The molecule has 0 aliphatic carbocycles. The number of benzene rings is 3. The van der Waals surface area contributed by atoms with Crippen molar-refractivity contribution >= 4 is 53.3 Å². The van der Waals surface area contributed by atoms with Crippen LogP contribution in [0.2, 0.25) is 0 Å². The van der Waals surface area contributed by atoms with Gasteiger partial charge in [-0.05, 0) is 41.0 Å². The molecule has 0 saturated carbocycles. The standard InChI is InChI=1S/C62H84N12O27/c1-24(27-5-3-2-4-6-27)38-54(92)67-30(15-25-9-13-29(14-10-25)97-59-50(89)47(86)51(36(23-78)100-59)101-60-49(88)46(85)44(83)35(22-77)99-60)53(91)71-39(41(80)31-16-66-61(63)69-31)56(94)72-40(55(93)68-32(20-75)52(90)65-17-37(79)70-38)42(81)33-19-73(18-26-7-11-28(12-8-26)58(95)96)62(64)74(33)57-48(87)45(84)43(82)34(21-76)98-57/h2-14,24,30-36,38-51,57,59-60,64,75-78,80-89H,15-23H2,1H3,(H,65,90)(H,67,92)(H,68,93)(H,70,79)(H,71,91)(H,72,94)(H,95,96)(H3,63,66,69). The zero-order valence-corrected chi connectivity index (χ0v) is 53.8. The van der Waals surface area contributed by atoms with E-state index in [9.17, 15) is 101 Å². The second kappa shape index (κ2) is 33.6. The van der Waals surface area contributed by atoms with Gasteiger partial charge in [-0.15, -0.1) is 0 Å². The third-order valence-corrected chi connectivity index (χ3v) is 18.3. The van der Waals surface area contributed by atoms with E-state index in [1.54, 1.807) is 37.3 Å². The predicted molar refractivity (Wildman–Crippen MR) is 338 cm³/mol. The highest BCUT2D eigenvalue weighted by molar-refractivity contribution is 5.98. The van der Waals surface area contributed by atoms with Gasteiger partial charge in [0.1, 0.15) is 121 Å². The van der Waals surface area contributed by atoms with Crippen molar-refractivity contribution < 1.29 is 134 Å². The first-order valence-electron chi connectivity index (χ1n) is 32.0. The highest BCUT2D eigenvalue weighted by atomic mass is 16.7. The lowest BCUT2D eigenvalue weighted by Crippen LogP contribution is -2.69. The Morgan fingerprint density at radius 3 is 1.79 bits per heavy atom. The van der Waals surface area contributed by atoms with E-state index in [1.807, 2.05) is 0 Å². The summed E-state index contributed by atoms with van der Waals surface area (Å²) in [7, 11) is 0. The molecule has 25 atom stereocenters. The molecular weight excluding hydrogens is 1340 g/mol. The van der Waals surface area contributed by atoms with Gasteiger partial charge in [0.15, 0.2) is 24.4 Å². The van der Waals surface area contributed by atoms with Gasteiger partial charge in [0.05, 0.1) is 57.2 Å². The van der Waals surface area contributed by atoms with E-state index in [0.29, 0.717) is 11.1 Å². The molecule has 5 saturated heterocycles. The molecule has 0 bridgehead atoms. The van der Waals surface area contributed by atoms with Gasteiger partial charge in [0.2, 0.25) is 41.7 Å². The number of amides is 6. The van der Waals surface area contributed by atoms with E-state index in [2.05, 4.69) is 42.2 Å². The lowest BCUT2D eigenvalue weighted by molar-refractivity contribution is -0.352. The molecular formula is C62H84N12O27. The minimum absolute atomic E-state index is 0.0954. The number of nitrogens with zero attached hydrogens (tertiary/aromatic N) is 3. The lowest BCUT2D eigenvalue weighted by Gasteiger charge is -2.46. The average Bonchev–Trinajstić information content (AvgIpc) is 1.63. The monoisotopic (exact) mass is 1430 g/mol. The largest absolute Gasteiger partial charge is 0.478 e. The molecule has 0 radical (unpaired) electrons. The van der Waals surface area contributed by atoms with Gasteiger partial charge in [0, 0.05) is 25.4 Å². The van der Waals surface area contributed by atoms with Crippen LogP contribution < -0.4 is 47.7 Å². The maximum atomic E-state index is 15.4. The van der Waals surface area contributed by atoms with Crippen LogP contribution in [-0.2, 0) is 60.7 Å². The first-order chi connectivity index (χ1) is 48.1. The number of guanidine groups is 2. The first kappa shape index (κ1) is 76.7. The highest BCUT2D eigenvalue weighted by Crippen LogP contribution is 2.34. The Morgan fingerprint density at radius 2 is 1.18 bits per heavy atom. The normalized spacial score (nSPS) is 35.0. The number of aliphatic hydroxyl groups is 14. The Balaban J connectivity index is 1.05. The van der Waals surface area contributed by atoms with Crippen LogP contribution in [0.25, 0.3) is 0 Å². The third-order valence-electron chi connectivity index (χ3n) is 18.3. The summed E-state index contributed by atoms with van der Waals surface area (Å²) >= 11 is 0. The van der Waals surface area contributed by atoms with E-state index < -0.39 is 246 Å². The molecule has 0 spiro atoms. The maximum absolute atomic E-state index is 15.4. The number of carboxylic acid groups (broad SMARTS) is 1. The van der Waals surface area contributed by atoms with Crippen molar-refractivity contribution in [2.75, 3.05) is 46.1 Å². The first-order valence-corrected chi connectivity index (χ1v) is 32.0. The van der Waals surface area contributed by atoms with Crippen LogP contribution in [0.3, 0.4) is 0 Å². The smallest absolute Gasteiger partial charge is 0.335 e. The fraction of sp³-hybridized carbons (Fsp3) is 0.565. The molecule has 0 aromatic heterocycles. The number of ether oxygens (including phenoxy) is 5. The number of carbonyl (C=O) groups excluding carboxylic acids is 6. The average molecular weight is 1430 g/mol. The van der Waals surface area contributed by atoms with Crippen molar-refractivity contribution in [1.82, 2.24) is 47.0 Å². The summed E-state index contributed by atoms with van der Waals surface area (Å²) < 4.78 is 28.5. The van der Waals surface area contributed by atoms with Gasteiger partial charge >= 0.3 is 5.97 Å². The van der Waals surface area contributed by atoms with Crippen LogP contribution in [-0.4, -0.2) is 332 Å². The molecule has 6 heterocycles. The van der Waals surface area contributed by atoms with E-state index in [-0.39, 0.29) is 35.9 Å². The third kappa shape index (κ3) is 17.4. The zero-order valence-electron chi connectivity index (χ0n) is 53.8. The number of nitrogens with two attached hydrogens (primary N) is 1. The number of nitrogens with one attached hydrogen (secondary N) is 8. The summed E-state index contributed by atoms with van der Waals surface area (Å²) in [4.78, 5) is 106. The molecule has 3 aromatic carbocycles. The van der Waals surface area contributed by atoms with Gasteiger partial charge in [-0.25, -0.2) is 4.79 Å². The lowest BCUT2D eigenvalue weighted by atomic mass is 9.92. The molecule has 101 heavy (non-hydrogen) atoms. The van der Waals surface area contributed by atoms with Gasteiger partial charge < -0.3 is 153 Å². The predicted octanol–water partition coefficient (Wildman–Crippen LogP) is -11.8. The molecule has 25 unspecified atom stereocenters. The SMILES string of the molecule is CC(c1ccccc1)C1NC(=O)CNC(=O)C(CO)NC(=O)C(C(O)C2CN(Cc3ccc(C(=O)O)cc3)C(=N)N2C2OC(CO)C(O)C(O)C2O)NC(=O)C(C(O)C2CN=C(N)N2)NC(=O)C(Cc2ccc(OC3OC(CO)C(OC4OC(CO)C(O)C(O)C4O)C(O)C3O)cc2)NC1=O. The van der Waals surface area contributed by atoms with Gasteiger partial charge in [-0.2, -0.15) is 0 Å². The fourth-order valence-corrected chi connectivity index (χ4v) is 12.5. The Labute approximate surface area is 573 Å². The topological polar surface area (TPSA) is 622 Å². The van der Waals surface area contributed by atoms with E-state index in [1.165, 1.54) is 53.4 Å². The van der Waals surface area contributed by atoms with E-state index in [0.717, 1.165) is 4.90 Å². The maximum Gasteiger partial charge on any atom is 0.335 e. The second-order valence-corrected chi connectivity index (χ2v) is 25.1. The molecule has 3 aromatic rings. The van der Waals surface area contributed by atoms with Crippen molar-refractivity contribution in [1.29, 1.82) is 5.41 Å². The number of aliphatic hydroxyl groups excluding tert-OH is 14. The minimum Gasteiger partial charge on any atom is -0.478 e. The van der Waals surface area contributed by atoms with Crippen LogP contribution >= 0.6 is 0 Å². The zero-order chi connectivity index (χ0) is 73.4. The van der Waals surface area contributed by atoms with E-state index in [4.69, 9.17) is 29.4 Å². The van der Waals surface area contributed by atoms with Crippen molar-refractivity contribution in [3.63, 3.8) is 0 Å². The molecule has 9 rings (SSSR count). The van der Waals surface area contributed by atoms with Crippen LogP contribution in [0, 0.1) is 5.41 Å². The van der Waals surface area contributed by atoms with Crippen LogP contribution in [0.15, 0.2) is 83.9 Å². The molecule has 6 aliphatic heterocycles. The summed E-state index contributed by atoms with van der Waals surface area (Å²) in [6.07, 6.45) is -32.7. The van der Waals surface area contributed by atoms with Crippen LogP contribution in [0.5, 0.6) is 5.75 Å². The molecule has 25 N–H and O–H groups in total. The molecule has 5 fully saturated rings. The Hall–Kier alpha value is -8.43. The summed E-state index contributed by atoms with van der Waals surface area (Å²) in [5.74, 6) is -10.8. The summed E-state index contributed by atoms with van der Waals surface area (Å²) in [6.45, 7) is -4.53. The Kier molecular flexibility index (Phi) is 25.5. The minimum atomic E-state index is -2.46. The van der Waals surface area contributed by atoms with Crippen molar-refractivity contribution in [3.05, 3.63) is 101 Å². The van der Waals surface area contributed by atoms with Gasteiger partial charge in [-0.3, -0.25) is 39.2 Å². The van der Waals surface area contributed by atoms with Crippen molar-refractivity contribution in [2.24, 2.45) is 10.7 Å². The molecule has 554 valence electrons. The van der Waals surface area contributed by atoms with Crippen LogP contribution in [0.1, 0.15) is 39.9 Å². The number of aromatic carboxylic acids is 1. The molecule has 6 aliphatic rings. The van der Waals surface area contributed by atoms with E-state index >= 15 is 14.4 Å². The molecule has 39 heteroatoms.